The van der Waals surface area contributed by atoms with Crippen molar-refractivity contribution in [1.82, 2.24) is 0 Å². The van der Waals surface area contributed by atoms with Crippen molar-refractivity contribution in [3.63, 3.8) is 0 Å². The second-order valence-electron chi connectivity index (χ2n) is 7.45. The number of hydrogen-bond donors (Lipinski definition) is 0. The van der Waals surface area contributed by atoms with Gasteiger partial charge >= 0.3 is 0 Å². The first-order valence-corrected chi connectivity index (χ1v) is 10.2. The first-order chi connectivity index (χ1) is 9.93. The fraction of sp³-hybridized carbons (Fsp3) is 1.00. The van der Waals surface area contributed by atoms with Gasteiger partial charge in [-0.25, -0.2) is 8.42 Å². The zero-order valence-corrected chi connectivity index (χ0v) is 14.0. The molecule has 0 aromatic heterocycles. The van der Waals surface area contributed by atoms with Crippen LogP contribution in [-0.2, 0) is 19.3 Å². The lowest BCUT2D eigenvalue weighted by Gasteiger charge is -2.29. The molecule has 0 saturated carbocycles. The van der Waals surface area contributed by atoms with Crippen molar-refractivity contribution in [2.75, 3.05) is 18.1 Å². The van der Waals surface area contributed by atoms with Gasteiger partial charge in [0.05, 0.1) is 29.8 Å². The molecule has 5 heteroatoms. The molecule has 4 nitrogen and oxygen atoms in total. The van der Waals surface area contributed by atoms with E-state index in [2.05, 4.69) is 13.8 Å². The van der Waals surface area contributed by atoms with E-state index in [1.165, 1.54) is 6.42 Å². The Morgan fingerprint density at radius 2 is 1.86 bits per heavy atom. The molecule has 3 fully saturated rings. The van der Waals surface area contributed by atoms with Crippen LogP contribution >= 0.6 is 0 Å². The first kappa shape index (κ1) is 15.8. The summed E-state index contributed by atoms with van der Waals surface area (Å²) in [6.45, 7) is 5.22. The summed E-state index contributed by atoms with van der Waals surface area (Å²) < 4.78 is 35.6. The molecule has 21 heavy (non-hydrogen) atoms. The summed E-state index contributed by atoms with van der Waals surface area (Å²) in [5, 5.41) is 0. The number of hydrogen-bond acceptors (Lipinski definition) is 4. The van der Waals surface area contributed by atoms with Crippen molar-refractivity contribution in [3.8, 4) is 0 Å². The summed E-state index contributed by atoms with van der Waals surface area (Å²) >= 11 is 0. The van der Waals surface area contributed by atoms with E-state index in [0.717, 1.165) is 38.2 Å². The van der Waals surface area contributed by atoms with E-state index < -0.39 is 9.84 Å². The molecule has 0 bridgehead atoms. The lowest BCUT2D eigenvalue weighted by atomic mass is 9.90. The van der Waals surface area contributed by atoms with E-state index in [9.17, 15) is 8.42 Å². The van der Waals surface area contributed by atoms with Gasteiger partial charge in [0.2, 0.25) is 0 Å². The van der Waals surface area contributed by atoms with Crippen LogP contribution in [0.2, 0.25) is 0 Å². The van der Waals surface area contributed by atoms with Crippen LogP contribution in [0.4, 0.5) is 0 Å². The molecular formula is C16H28O4S. The van der Waals surface area contributed by atoms with E-state index in [1.807, 2.05) is 0 Å². The Labute approximate surface area is 128 Å². The van der Waals surface area contributed by atoms with Crippen LogP contribution in [0.15, 0.2) is 0 Å². The molecule has 6 atom stereocenters. The minimum Gasteiger partial charge on any atom is -0.378 e. The van der Waals surface area contributed by atoms with Gasteiger partial charge in [-0.1, -0.05) is 13.8 Å². The van der Waals surface area contributed by atoms with Gasteiger partial charge in [0, 0.05) is 12.5 Å². The summed E-state index contributed by atoms with van der Waals surface area (Å²) in [7, 11) is -2.84. The predicted octanol–water partition coefficient (Wildman–Crippen LogP) is 2.42. The molecule has 6 unspecified atom stereocenters. The lowest BCUT2D eigenvalue weighted by molar-refractivity contribution is -0.0560. The Kier molecular flexibility index (Phi) is 4.63. The molecule has 122 valence electrons. The van der Waals surface area contributed by atoms with Crippen LogP contribution in [0.3, 0.4) is 0 Å². The Hall–Kier alpha value is -0.130. The molecule has 0 spiro atoms. The Bertz CT molecular complexity index is 461. The van der Waals surface area contributed by atoms with Crippen molar-refractivity contribution in [3.05, 3.63) is 0 Å². The molecule has 3 aliphatic rings. The zero-order valence-electron chi connectivity index (χ0n) is 13.2. The molecular weight excluding hydrogens is 288 g/mol. The second-order valence-corrected chi connectivity index (χ2v) is 9.60. The van der Waals surface area contributed by atoms with Gasteiger partial charge in [0.25, 0.3) is 0 Å². The standard InChI is InChI=1S/C16H28O4S/c1-11-5-6-19-14(7-11)8-13-3-4-16(20-13)15-10-21(17,18)9-12(15)2/h11-16H,3-10H2,1-2H3. The van der Waals surface area contributed by atoms with Crippen LogP contribution in [0.5, 0.6) is 0 Å². The van der Waals surface area contributed by atoms with Crippen LogP contribution in [-0.4, -0.2) is 44.8 Å². The van der Waals surface area contributed by atoms with E-state index in [-0.39, 0.29) is 24.0 Å². The average molecular weight is 316 g/mol. The van der Waals surface area contributed by atoms with E-state index in [1.54, 1.807) is 0 Å². The van der Waals surface area contributed by atoms with E-state index in [0.29, 0.717) is 17.6 Å². The third kappa shape index (κ3) is 3.80. The molecule has 3 heterocycles. The van der Waals surface area contributed by atoms with Gasteiger partial charge in [0.15, 0.2) is 9.84 Å². The third-order valence-corrected chi connectivity index (χ3v) is 7.39. The fourth-order valence-electron chi connectivity index (χ4n) is 4.27. The minimum absolute atomic E-state index is 0.142. The van der Waals surface area contributed by atoms with Crippen molar-refractivity contribution in [2.45, 2.75) is 64.3 Å². The third-order valence-electron chi connectivity index (χ3n) is 5.47. The monoisotopic (exact) mass is 316 g/mol. The van der Waals surface area contributed by atoms with Crippen LogP contribution in [0.25, 0.3) is 0 Å². The molecule has 3 rings (SSSR count). The maximum Gasteiger partial charge on any atom is 0.150 e. The highest BCUT2D eigenvalue weighted by molar-refractivity contribution is 7.91. The molecule has 0 radical (unpaired) electrons. The molecule has 3 saturated heterocycles. The normalized spacial score (nSPS) is 46.8. The second kappa shape index (κ2) is 6.17. The van der Waals surface area contributed by atoms with E-state index >= 15 is 0 Å². The smallest absolute Gasteiger partial charge is 0.150 e. The predicted molar refractivity (Wildman–Crippen MR) is 82.0 cm³/mol. The maximum atomic E-state index is 11.8. The molecule has 0 aromatic carbocycles. The molecule has 0 aliphatic carbocycles. The van der Waals surface area contributed by atoms with Crippen LogP contribution in [0.1, 0.15) is 46.0 Å². The Morgan fingerprint density at radius 1 is 1.05 bits per heavy atom. The van der Waals surface area contributed by atoms with Crippen LogP contribution in [0, 0.1) is 17.8 Å². The van der Waals surface area contributed by atoms with Gasteiger partial charge in [-0.05, 0) is 43.9 Å². The Morgan fingerprint density at radius 3 is 2.52 bits per heavy atom. The molecule has 3 aliphatic heterocycles. The molecule has 0 aromatic rings. The van der Waals surface area contributed by atoms with Gasteiger partial charge in [0.1, 0.15) is 0 Å². The highest BCUT2D eigenvalue weighted by Gasteiger charge is 2.43. The molecule has 0 N–H and O–H groups in total. The van der Waals surface area contributed by atoms with E-state index in [4.69, 9.17) is 9.47 Å². The van der Waals surface area contributed by atoms with Gasteiger partial charge in [-0.3, -0.25) is 0 Å². The topological polar surface area (TPSA) is 52.6 Å². The summed E-state index contributed by atoms with van der Waals surface area (Å²) in [6, 6.07) is 0. The maximum absolute atomic E-state index is 11.8. The Balaban J connectivity index is 1.51. The largest absolute Gasteiger partial charge is 0.378 e. The average Bonchev–Trinajstić information content (AvgIpc) is 2.93. The molecule has 0 amide bonds. The first-order valence-electron chi connectivity index (χ1n) is 8.40. The lowest BCUT2D eigenvalue weighted by Crippen LogP contribution is -2.30. The van der Waals surface area contributed by atoms with Crippen molar-refractivity contribution >= 4 is 9.84 Å². The summed E-state index contributed by atoms with van der Waals surface area (Å²) in [5.41, 5.74) is 0. The van der Waals surface area contributed by atoms with Crippen molar-refractivity contribution in [2.24, 2.45) is 17.8 Å². The fourth-order valence-corrected chi connectivity index (χ4v) is 6.59. The van der Waals surface area contributed by atoms with Gasteiger partial charge in [-0.15, -0.1) is 0 Å². The minimum atomic E-state index is -2.84. The summed E-state index contributed by atoms with van der Waals surface area (Å²) in [5.74, 6) is 1.85. The van der Waals surface area contributed by atoms with Crippen molar-refractivity contribution < 1.29 is 17.9 Å². The summed E-state index contributed by atoms with van der Waals surface area (Å²) in [4.78, 5) is 0. The van der Waals surface area contributed by atoms with Crippen molar-refractivity contribution in [1.29, 1.82) is 0 Å². The van der Waals surface area contributed by atoms with Crippen LogP contribution < -0.4 is 0 Å². The number of ether oxygens (including phenoxy) is 2. The number of rotatable bonds is 3. The highest BCUT2D eigenvalue weighted by atomic mass is 32.2. The number of sulfone groups is 1. The zero-order chi connectivity index (χ0) is 15.0. The van der Waals surface area contributed by atoms with Gasteiger partial charge in [-0.2, -0.15) is 0 Å². The SMILES string of the molecule is CC1CCOC(CC2CCC(C3CS(=O)(=O)CC3C)O2)C1. The van der Waals surface area contributed by atoms with Gasteiger partial charge < -0.3 is 9.47 Å². The quantitative estimate of drug-likeness (QED) is 0.802. The summed E-state index contributed by atoms with van der Waals surface area (Å²) in [6.07, 6.45) is 6.10. The highest BCUT2D eigenvalue weighted by Crippen LogP contribution is 2.37.